The van der Waals surface area contributed by atoms with Crippen LogP contribution in [0.5, 0.6) is 0 Å². The van der Waals surface area contributed by atoms with Crippen LogP contribution in [0.25, 0.3) is 0 Å². The summed E-state index contributed by atoms with van der Waals surface area (Å²) in [5.41, 5.74) is 0.427. The molecule has 1 aliphatic heterocycles. The van der Waals surface area contributed by atoms with Gasteiger partial charge in [0.1, 0.15) is 0 Å². The fraction of sp³-hybridized carbons (Fsp3) is 0.533. The van der Waals surface area contributed by atoms with E-state index in [0.717, 1.165) is 13.1 Å². The first-order chi connectivity index (χ1) is 9.86. The van der Waals surface area contributed by atoms with Gasteiger partial charge in [-0.25, -0.2) is 8.42 Å². The highest BCUT2D eigenvalue weighted by Gasteiger charge is 2.31. The average Bonchev–Trinajstić information content (AvgIpc) is 2.47. The first-order valence-electron chi connectivity index (χ1n) is 7.21. The van der Waals surface area contributed by atoms with E-state index in [2.05, 4.69) is 11.8 Å². The molecule has 1 fully saturated rings. The quantitative estimate of drug-likeness (QED) is 0.793. The Hall–Kier alpha value is -1.24. The van der Waals surface area contributed by atoms with E-state index < -0.39 is 10.0 Å². The van der Waals surface area contributed by atoms with Crippen LogP contribution in [0.4, 0.5) is 0 Å². The summed E-state index contributed by atoms with van der Waals surface area (Å²) in [4.78, 5) is 13.9. The number of sulfonamides is 1. The van der Waals surface area contributed by atoms with Gasteiger partial charge in [-0.3, -0.25) is 9.69 Å². The molecule has 1 heterocycles. The first-order valence-corrected chi connectivity index (χ1v) is 8.65. The van der Waals surface area contributed by atoms with E-state index in [1.807, 2.05) is 6.92 Å². The molecule has 0 N–H and O–H groups in total. The van der Waals surface area contributed by atoms with Crippen molar-refractivity contribution in [3.05, 3.63) is 29.8 Å². The van der Waals surface area contributed by atoms with Crippen molar-refractivity contribution in [2.24, 2.45) is 0 Å². The van der Waals surface area contributed by atoms with Crippen molar-refractivity contribution in [3.8, 4) is 0 Å². The van der Waals surface area contributed by atoms with Crippen molar-refractivity contribution in [2.75, 3.05) is 26.2 Å². The number of nitrogens with zero attached hydrogens (tertiary/aromatic N) is 2. The highest BCUT2D eigenvalue weighted by molar-refractivity contribution is 7.89. The summed E-state index contributed by atoms with van der Waals surface area (Å²) in [6, 6.07) is 6.48. The SMILES string of the molecule is CCN1CCN(S(=O)(=O)c2cccc(C(C)=O)c2)CC1C. The molecule has 21 heavy (non-hydrogen) atoms. The maximum atomic E-state index is 12.7. The monoisotopic (exact) mass is 310 g/mol. The predicted octanol–water partition coefficient (Wildman–Crippen LogP) is 1.60. The Labute approximate surface area is 126 Å². The first kappa shape index (κ1) is 16.1. The molecule has 116 valence electrons. The zero-order valence-corrected chi connectivity index (χ0v) is 13.6. The second-order valence-corrected chi connectivity index (χ2v) is 7.36. The Bertz CT molecular complexity index is 628. The minimum atomic E-state index is -3.53. The van der Waals surface area contributed by atoms with Crippen LogP contribution in [-0.2, 0) is 10.0 Å². The molecular weight excluding hydrogens is 288 g/mol. The Morgan fingerprint density at radius 3 is 2.62 bits per heavy atom. The van der Waals surface area contributed by atoms with E-state index in [9.17, 15) is 13.2 Å². The van der Waals surface area contributed by atoms with E-state index in [4.69, 9.17) is 0 Å². The molecule has 0 amide bonds. The molecule has 0 radical (unpaired) electrons. The lowest BCUT2D eigenvalue weighted by molar-refractivity contribution is 0.101. The van der Waals surface area contributed by atoms with Crippen LogP contribution < -0.4 is 0 Å². The molecule has 0 spiro atoms. The van der Waals surface area contributed by atoms with E-state index in [0.29, 0.717) is 18.7 Å². The Morgan fingerprint density at radius 2 is 2.05 bits per heavy atom. The van der Waals surface area contributed by atoms with Gasteiger partial charge in [0.2, 0.25) is 10.0 Å². The number of piperazine rings is 1. The molecule has 0 aliphatic carbocycles. The van der Waals surface area contributed by atoms with Gasteiger partial charge in [-0.2, -0.15) is 4.31 Å². The molecule has 1 unspecified atom stereocenters. The van der Waals surface area contributed by atoms with Crippen molar-refractivity contribution in [2.45, 2.75) is 31.7 Å². The molecule has 1 aromatic rings. The van der Waals surface area contributed by atoms with Gasteiger partial charge in [0, 0.05) is 31.2 Å². The molecule has 1 atom stereocenters. The summed E-state index contributed by atoms with van der Waals surface area (Å²) in [5.74, 6) is -0.128. The van der Waals surface area contributed by atoms with E-state index in [1.54, 1.807) is 18.2 Å². The van der Waals surface area contributed by atoms with Crippen molar-refractivity contribution in [1.82, 2.24) is 9.21 Å². The van der Waals surface area contributed by atoms with Gasteiger partial charge in [-0.05, 0) is 32.5 Å². The zero-order chi connectivity index (χ0) is 15.6. The Kier molecular flexibility index (Phi) is 4.81. The Morgan fingerprint density at radius 1 is 1.33 bits per heavy atom. The molecular formula is C15H22N2O3S. The van der Waals surface area contributed by atoms with Gasteiger partial charge in [-0.1, -0.05) is 19.1 Å². The van der Waals surface area contributed by atoms with Crippen LogP contribution in [0.15, 0.2) is 29.2 Å². The van der Waals surface area contributed by atoms with Crippen molar-refractivity contribution in [1.29, 1.82) is 0 Å². The smallest absolute Gasteiger partial charge is 0.243 e. The molecule has 6 heteroatoms. The third-order valence-electron chi connectivity index (χ3n) is 4.01. The lowest BCUT2D eigenvalue weighted by Gasteiger charge is -2.38. The maximum Gasteiger partial charge on any atom is 0.243 e. The summed E-state index contributed by atoms with van der Waals surface area (Å²) >= 11 is 0. The third-order valence-corrected chi connectivity index (χ3v) is 5.87. The summed E-state index contributed by atoms with van der Waals surface area (Å²) in [6.07, 6.45) is 0. The second-order valence-electron chi connectivity index (χ2n) is 5.42. The number of benzene rings is 1. The van der Waals surface area contributed by atoms with E-state index >= 15 is 0 Å². The van der Waals surface area contributed by atoms with Gasteiger partial charge in [-0.15, -0.1) is 0 Å². The molecule has 1 aromatic carbocycles. The third kappa shape index (κ3) is 3.33. The van der Waals surface area contributed by atoms with Crippen LogP contribution in [0.2, 0.25) is 0 Å². The predicted molar refractivity (Wildman–Crippen MR) is 81.9 cm³/mol. The second kappa shape index (κ2) is 6.25. The number of likely N-dealkylation sites (N-methyl/N-ethyl adjacent to an activating group) is 1. The molecule has 2 rings (SSSR count). The number of hydrogen-bond donors (Lipinski definition) is 0. The fourth-order valence-electron chi connectivity index (χ4n) is 2.67. The number of carbonyl (C=O) groups is 1. The summed E-state index contributed by atoms with van der Waals surface area (Å²) < 4.78 is 26.9. The number of hydrogen-bond acceptors (Lipinski definition) is 4. The number of rotatable bonds is 4. The standard InChI is InChI=1S/C15H22N2O3S/c1-4-16-8-9-17(11-12(16)2)21(19,20)15-7-5-6-14(10-15)13(3)18/h5-7,10,12H,4,8-9,11H2,1-3H3. The van der Waals surface area contributed by atoms with E-state index in [1.165, 1.54) is 17.3 Å². The fourth-order valence-corrected chi connectivity index (χ4v) is 4.23. The van der Waals surface area contributed by atoms with Crippen LogP contribution in [-0.4, -0.2) is 55.6 Å². The van der Waals surface area contributed by atoms with Crippen LogP contribution in [0.1, 0.15) is 31.1 Å². The lowest BCUT2D eigenvalue weighted by atomic mass is 10.2. The van der Waals surface area contributed by atoms with Crippen molar-refractivity contribution < 1.29 is 13.2 Å². The highest BCUT2D eigenvalue weighted by Crippen LogP contribution is 2.21. The largest absolute Gasteiger partial charge is 0.298 e. The molecule has 1 aliphatic rings. The topological polar surface area (TPSA) is 57.7 Å². The maximum absolute atomic E-state index is 12.7. The summed E-state index contributed by atoms with van der Waals surface area (Å²) in [6.45, 7) is 8.20. The lowest BCUT2D eigenvalue weighted by Crippen LogP contribution is -2.53. The normalized spacial score (nSPS) is 21.4. The molecule has 0 aromatic heterocycles. The molecule has 1 saturated heterocycles. The number of carbonyl (C=O) groups excluding carboxylic acids is 1. The van der Waals surface area contributed by atoms with Gasteiger partial charge in [0.25, 0.3) is 0 Å². The van der Waals surface area contributed by atoms with Gasteiger partial charge in [0.15, 0.2) is 5.78 Å². The highest BCUT2D eigenvalue weighted by atomic mass is 32.2. The summed E-state index contributed by atoms with van der Waals surface area (Å²) in [7, 11) is -3.53. The Balaban J connectivity index is 2.26. The minimum absolute atomic E-state index is 0.128. The number of ketones is 1. The van der Waals surface area contributed by atoms with Crippen LogP contribution in [0, 0.1) is 0 Å². The zero-order valence-electron chi connectivity index (χ0n) is 12.7. The van der Waals surface area contributed by atoms with Crippen molar-refractivity contribution in [3.63, 3.8) is 0 Å². The van der Waals surface area contributed by atoms with Crippen molar-refractivity contribution >= 4 is 15.8 Å². The molecule has 5 nitrogen and oxygen atoms in total. The van der Waals surface area contributed by atoms with Crippen LogP contribution in [0.3, 0.4) is 0 Å². The summed E-state index contributed by atoms with van der Waals surface area (Å²) in [5, 5.41) is 0. The van der Waals surface area contributed by atoms with Crippen LogP contribution >= 0.6 is 0 Å². The van der Waals surface area contributed by atoms with E-state index in [-0.39, 0.29) is 16.7 Å². The van der Waals surface area contributed by atoms with Gasteiger partial charge in [0.05, 0.1) is 4.90 Å². The number of Topliss-reactive ketones (excluding diaryl/α,β-unsaturated/α-hetero) is 1. The molecule has 0 saturated carbocycles. The molecule has 0 bridgehead atoms. The minimum Gasteiger partial charge on any atom is -0.298 e. The average molecular weight is 310 g/mol. The van der Waals surface area contributed by atoms with Gasteiger partial charge < -0.3 is 0 Å². The van der Waals surface area contributed by atoms with Gasteiger partial charge >= 0.3 is 0 Å².